The Hall–Kier alpha value is -1.58. The molecule has 0 radical (unpaired) electrons. The smallest absolute Gasteiger partial charge is 0.205 e. The Morgan fingerprint density at radius 3 is 1.50 bits per heavy atom. The maximum atomic E-state index is 12.7. The maximum absolute atomic E-state index is 12.7. The zero-order valence-corrected chi connectivity index (χ0v) is 8.13. The van der Waals surface area contributed by atoms with E-state index in [1.54, 1.807) is 12.1 Å². The molecule has 0 aliphatic heterocycles. The van der Waals surface area contributed by atoms with Crippen molar-refractivity contribution in [3.8, 4) is 0 Å². The quantitative estimate of drug-likeness (QED) is 0.652. The van der Waals surface area contributed by atoms with Crippen LogP contribution in [0.4, 0.5) is 17.6 Å². The second-order valence-corrected chi connectivity index (χ2v) is 3.39. The van der Waals surface area contributed by atoms with Gasteiger partial charge in [-0.25, -0.2) is 17.6 Å². The fourth-order valence-electron chi connectivity index (χ4n) is 1.76. The van der Waals surface area contributed by atoms with Crippen molar-refractivity contribution in [2.75, 3.05) is 0 Å². The first-order chi connectivity index (χ1) is 7.61. The monoisotopic (exact) mass is 228 g/mol. The molecule has 0 unspecified atom stereocenters. The van der Waals surface area contributed by atoms with Gasteiger partial charge in [0.1, 0.15) is 0 Å². The van der Waals surface area contributed by atoms with Crippen molar-refractivity contribution in [1.82, 2.24) is 0 Å². The van der Waals surface area contributed by atoms with Crippen molar-refractivity contribution in [2.45, 2.75) is 12.9 Å². The molecule has 0 saturated heterocycles. The Morgan fingerprint density at radius 1 is 0.688 bits per heavy atom. The van der Waals surface area contributed by atoms with Gasteiger partial charge in [0.15, 0.2) is 0 Å². The van der Waals surface area contributed by atoms with Crippen LogP contribution in [0.25, 0.3) is 10.8 Å². The van der Waals surface area contributed by atoms with Crippen LogP contribution in [0.2, 0.25) is 0 Å². The van der Waals surface area contributed by atoms with Gasteiger partial charge in [0, 0.05) is 11.1 Å². The summed E-state index contributed by atoms with van der Waals surface area (Å²) < 4.78 is 50.8. The second kappa shape index (κ2) is 4.12. The maximum Gasteiger partial charge on any atom is 0.264 e. The first-order valence-electron chi connectivity index (χ1n) is 4.69. The molecular weight excluding hydrogens is 220 g/mol. The Labute approximate surface area is 89.5 Å². The minimum absolute atomic E-state index is 0.0324. The van der Waals surface area contributed by atoms with Gasteiger partial charge >= 0.3 is 0 Å². The Morgan fingerprint density at radius 2 is 1.12 bits per heavy atom. The zero-order valence-electron chi connectivity index (χ0n) is 8.13. The average molecular weight is 228 g/mol. The summed E-state index contributed by atoms with van der Waals surface area (Å²) in [6.07, 6.45) is -5.49. The predicted molar refractivity (Wildman–Crippen MR) is 53.9 cm³/mol. The van der Waals surface area contributed by atoms with Crippen LogP contribution in [-0.4, -0.2) is 0 Å². The standard InChI is InChI=1S/C12H8F4/c13-11(14)8-5-1-3-7-4-2-6-9(10(7)8)12(15)16/h1-6,11-12H. The van der Waals surface area contributed by atoms with Gasteiger partial charge in [-0.1, -0.05) is 36.4 Å². The van der Waals surface area contributed by atoms with Crippen LogP contribution in [0, 0.1) is 0 Å². The molecule has 0 saturated carbocycles. The lowest BCUT2D eigenvalue weighted by atomic mass is 9.99. The van der Waals surface area contributed by atoms with Gasteiger partial charge in [-0.15, -0.1) is 0 Å². The lowest BCUT2D eigenvalue weighted by Crippen LogP contribution is -1.93. The lowest BCUT2D eigenvalue weighted by molar-refractivity contribution is 0.148. The molecule has 0 spiro atoms. The van der Waals surface area contributed by atoms with Gasteiger partial charge in [-0.3, -0.25) is 0 Å². The molecule has 16 heavy (non-hydrogen) atoms. The third-order valence-corrected chi connectivity index (χ3v) is 2.44. The first kappa shape index (κ1) is 10.9. The van der Waals surface area contributed by atoms with Gasteiger partial charge in [-0.05, 0) is 10.8 Å². The molecule has 0 nitrogen and oxygen atoms in total. The molecule has 0 amide bonds. The molecule has 0 atom stereocenters. The molecule has 0 fully saturated rings. The number of fused-ring (bicyclic) bond motifs is 1. The highest BCUT2D eigenvalue weighted by Gasteiger charge is 2.18. The summed E-state index contributed by atoms with van der Waals surface area (Å²) in [6, 6.07) is 8.34. The molecule has 2 rings (SSSR count). The normalized spacial score (nSPS) is 11.6. The van der Waals surface area contributed by atoms with E-state index in [0.717, 1.165) is 0 Å². The Kier molecular flexibility index (Phi) is 2.81. The number of halogens is 4. The van der Waals surface area contributed by atoms with E-state index in [2.05, 4.69) is 0 Å². The summed E-state index contributed by atoms with van der Waals surface area (Å²) in [6.45, 7) is 0. The van der Waals surface area contributed by atoms with E-state index in [4.69, 9.17) is 0 Å². The summed E-state index contributed by atoms with van der Waals surface area (Å²) in [5, 5.41) is 0.380. The lowest BCUT2D eigenvalue weighted by Gasteiger charge is -2.10. The van der Waals surface area contributed by atoms with E-state index < -0.39 is 12.9 Å². The highest BCUT2D eigenvalue weighted by atomic mass is 19.3. The minimum atomic E-state index is -2.75. The van der Waals surface area contributed by atoms with Crippen molar-refractivity contribution < 1.29 is 17.6 Å². The summed E-state index contributed by atoms with van der Waals surface area (Å²) in [4.78, 5) is 0. The number of hydrogen-bond donors (Lipinski definition) is 0. The van der Waals surface area contributed by atoms with E-state index in [1.807, 2.05) is 0 Å². The van der Waals surface area contributed by atoms with Gasteiger partial charge in [0.25, 0.3) is 12.9 Å². The fourth-order valence-corrected chi connectivity index (χ4v) is 1.76. The summed E-state index contributed by atoms with van der Waals surface area (Å²) in [5.41, 5.74) is -0.679. The predicted octanol–water partition coefficient (Wildman–Crippen LogP) is 4.72. The SMILES string of the molecule is FC(F)c1cccc2cccc(C(F)F)c12. The third kappa shape index (κ3) is 1.75. The van der Waals surface area contributed by atoms with Crippen LogP contribution in [0.1, 0.15) is 24.0 Å². The molecule has 0 aromatic heterocycles. The van der Waals surface area contributed by atoms with Crippen molar-refractivity contribution in [3.63, 3.8) is 0 Å². The number of alkyl halides is 4. The molecule has 2 aromatic rings. The Bertz CT molecular complexity index is 463. The molecule has 84 valence electrons. The minimum Gasteiger partial charge on any atom is -0.205 e. The van der Waals surface area contributed by atoms with E-state index in [1.165, 1.54) is 24.3 Å². The summed E-state index contributed by atoms with van der Waals surface area (Å²) in [7, 11) is 0. The number of hydrogen-bond acceptors (Lipinski definition) is 0. The van der Waals surface area contributed by atoms with E-state index >= 15 is 0 Å². The van der Waals surface area contributed by atoms with Crippen molar-refractivity contribution in [3.05, 3.63) is 47.5 Å². The van der Waals surface area contributed by atoms with Gasteiger partial charge < -0.3 is 0 Å². The second-order valence-electron chi connectivity index (χ2n) is 3.39. The van der Waals surface area contributed by atoms with Crippen molar-refractivity contribution in [1.29, 1.82) is 0 Å². The van der Waals surface area contributed by atoms with E-state index in [9.17, 15) is 17.6 Å². The highest BCUT2D eigenvalue weighted by molar-refractivity contribution is 5.89. The molecular formula is C12H8F4. The topological polar surface area (TPSA) is 0 Å². The van der Waals surface area contributed by atoms with Crippen LogP contribution < -0.4 is 0 Å². The third-order valence-electron chi connectivity index (χ3n) is 2.44. The molecule has 0 aliphatic rings. The van der Waals surface area contributed by atoms with Crippen molar-refractivity contribution in [2.24, 2.45) is 0 Å². The van der Waals surface area contributed by atoms with Crippen LogP contribution in [-0.2, 0) is 0 Å². The van der Waals surface area contributed by atoms with Gasteiger partial charge in [-0.2, -0.15) is 0 Å². The molecule has 0 N–H and O–H groups in total. The molecule has 0 aliphatic carbocycles. The average Bonchev–Trinajstić information content (AvgIpc) is 2.27. The molecule has 4 heteroatoms. The Balaban J connectivity index is 2.82. The largest absolute Gasteiger partial charge is 0.264 e. The van der Waals surface area contributed by atoms with Crippen LogP contribution in [0.5, 0.6) is 0 Å². The van der Waals surface area contributed by atoms with E-state index in [0.29, 0.717) is 5.39 Å². The van der Waals surface area contributed by atoms with Crippen LogP contribution in [0.15, 0.2) is 36.4 Å². The fraction of sp³-hybridized carbons (Fsp3) is 0.167. The van der Waals surface area contributed by atoms with E-state index in [-0.39, 0.29) is 16.5 Å². The summed E-state index contributed by atoms with van der Waals surface area (Å²) >= 11 is 0. The van der Waals surface area contributed by atoms with Gasteiger partial charge in [0.05, 0.1) is 0 Å². The molecule has 0 bridgehead atoms. The zero-order chi connectivity index (χ0) is 11.7. The number of benzene rings is 2. The molecule has 0 heterocycles. The van der Waals surface area contributed by atoms with Gasteiger partial charge in [0.2, 0.25) is 0 Å². The summed E-state index contributed by atoms with van der Waals surface area (Å²) in [5.74, 6) is 0. The first-order valence-corrected chi connectivity index (χ1v) is 4.69. The van der Waals surface area contributed by atoms with Crippen LogP contribution >= 0.6 is 0 Å². The highest BCUT2D eigenvalue weighted by Crippen LogP contribution is 2.34. The molecule has 2 aromatic carbocycles. The number of rotatable bonds is 2. The van der Waals surface area contributed by atoms with Crippen LogP contribution in [0.3, 0.4) is 0 Å². The van der Waals surface area contributed by atoms with Crippen molar-refractivity contribution >= 4 is 10.8 Å².